The SMILES string of the molecule is COC(=O)Cc1ncc(C)s1. The number of hydrogen-bond acceptors (Lipinski definition) is 4. The summed E-state index contributed by atoms with van der Waals surface area (Å²) in [6, 6.07) is 0. The van der Waals surface area contributed by atoms with Crippen LogP contribution in [0.1, 0.15) is 9.88 Å². The van der Waals surface area contributed by atoms with Crippen LogP contribution in [0.15, 0.2) is 6.20 Å². The summed E-state index contributed by atoms with van der Waals surface area (Å²) in [5, 5.41) is 0.814. The maximum Gasteiger partial charge on any atom is 0.312 e. The number of carbonyl (C=O) groups excluding carboxylic acids is 1. The minimum Gasteiger partial charge on any atom is -0.469 e. The third-order valence-corrected chi connectivity index (χ3v) is 2.11. The fourth-order valence-corrected chi connectivity index (χ4v) is 1.45. The highest BCUT2D eigenvalue weighted by Gasteiger charge is 2.05. The lowest BCUT2D eigenvalue weighted by Gasteiger charge is -1.92. The molecule has 0 aliphatic heterocycles. The molecule has 0 atom stereocenters. The number of methoxy groups -OCH3 is 1. The van der Waals surface area contributed by atoms with Gasteiger partial charge in [0.25, 0.3) is 0 Å². The molecule has 0 aromatic carbocycles. The Balaban J connectivity index is 2.57. The smallest absolute Gasteiger partial charge is 0.312 e. The highest BCUT2D eigenvalue weighted by Crippen LogP contribution is 2.11. The van der Waals surface area contributed by atoms with Crippen LogP contribution in [0.25, 0.3) is 0 Å². The molecule has 0 aliphatic rings. The van der Waals surface area contributed by atoms with Crippen LogP contribution in [0, 0.1) is 6.92 Å². The third-order valence-electron chi connectivity index (χ3n) is 1.19. The van der Waals surface area contributed by atoms with Crippen molar-refractivity contribution in [1.29, 1.82) is 0 Å². The molecular formula is C7H9NO2S. The second-order valence-corrected chi connectivity index (χ2v) is 3.44. The van der Waals surface area contributed by atoms with E-state index in [1.54, 1.807) is 6.20 Å². The normalized spacial score (nSPS) is 9.64. The van der Waals surface area contributed by atoms with Crippen molar-refractivity contribution in [3.63, 3.8) is 0 Å². The van der Waals surface area contributed by atoms with Crippen molar-refractivity contribution in [2.24, 2.45) is 0 Å². The zero-order valence-corrected chi connectivity index (χ0v) is 7.27. The topological polar surface area (TPSA) is 39.2 Å². The first kappa shape index (κ1) is 8.20. The maximum atomic E-state index is 10.7. The van der Waals surface area contributed by atoms with Gasteiger partial charge in [0, 0.05) is 11.1 Å². The van der Waals surface area contributed by atoms with Crippen molar-refractivity contribution in [3.8, 4) is 0 Å². The van der Waals surface area contributed by atoms with Gasteiger partial charge in [0.1, 0.15) is 5.01 Å². The van der Waals surface area contributed by atoms with E-state index < -0.39 is 0 Å². The molecule has 0 aliphatic carbocycles. The quantitative estimate of drug-likeness (QED) is 0.627. The number of aryl methyl sites for hydroxylation is 1. The minimum atomic E-state index is -0.237. The Kier molecular flexibility index (Phi) is 2.59. The first-order valence-corrected chi connectivity index (χ1v) is 4.02. The third kappa shape index (κ3) is 2.31. The molecule has 4 heteroatoms. The van der Waals surface area contributed by atoms with Gasteiger partial charge < -0.3 is 4.74 Å². The van der Waals surface area contributed by atoms with E-state index in [-0.39, 0.29) is 12.4 Å². The van der Waals surface area contributed by atoms with Crippen LogP contribution in [0.2, 0.25) is 0 Å². The molecule has 0 unspecified atom stereocenters. The molecule has 0 N–H and O–H groups in total. The van der Waals surface area contributed by atoms with Gasteiger partial charge in [-0.15, -0.1) is 11.3 Å². The van der Waals surface area contributed by atoms with Crippen molar-refractivity contribution in [2.45, 2.75) is 13.3 Å². The molecule has 1 aromatic rings. The largest absolute Gasteiger partial charge is 0.469 e. The lowest BCUT2D eigenvalue weighted by molar-refractivity contribution is -0.139. The van der Waals surface area contributed by atoms with Crippen molar-refractivity contribution >= 4 is 17.3 Å². The molecule has 0 saturated carbocycles. The summed E-state index contributed by atoms with van der Waals surface area (Å²) in [6.07, 6.45) is 2.04. The first-order valence-electron chi connectivity index (χ1n) is 3.20. The van der Waals surface area contributed by atoms with Gasteiger partial charge in [0.05, 0.1) is 13.5 Å². The van der Waals surface area contributed by atoms with Crippen LogP contribution < -0.4 is 0 Å². The second-order valence-electron chi connectivity index (χ2n) is 2.12. The van der Waals surface area contributed by atoms with E-state index in [0.29, 0.717) is 0 Å². The Morgan fingerprint density at radius 2 is 2.55 bits per heavy atom. The Hall–Kier alpha value is -0.900. The lowest BCUT2D eigenvalue weighted by Crippen LogP contribution is -2.03. The molecule has 3 nitrogen and oxygen atoms in total. The van der Waals surface area contributed by atoms with Crippen LogP contribution in [-0.4, -0.2) is 18.1 Å². The molecule has 0 spiro atoms. The monoisotopic (exact) mass is 171 g/mol. The number of ether oxygens (including phenoxy) is 1. The van der Waals surface area contributed by atoms with E-state index in [0.717, 1.165) is 9.88 Å². The molecule has 0 bridgehead atoms. The van der Waals surface area contributed by atoms with Gasteiger partial charge in [-0.3, -0.25) is 4.79 Å². The van der Waals surface area contributed by atoms with Crippen molar-refractivity contribution in [2.75, 3.05) is 7.11 Å². The molecule has 0 fully saturated rings. The van der Waals surface area contributed by atoms with E-state index in [9.17, 15) is 4.79 Å². The van der Waals surface area contributed by atoms with Gasteiger partial charge in [0.2, 0.25) is 0 Å². The second kappa shape index (κ2) is 3.48. The van der Waals surface area contributed by atoms with E-state index in [2.05, 4.69) is 9.72 Å². The summed E-state index contributed by atoms with van der Waals surface area (Å²) in [7, 11) is 1.38. The summed E-state index contributed by atoms with van der Waals surface area (Å²) in [5.41, 5.74) is 0. The average molecular weight is 171 g/mol. The Morgan fingerprint density at radius 3 is 3.00 bits per heavy atom. The fraction of sp³-hybridized carbons (Fsp3) is 0.429. The molecular weight excluding hydrogens is 162 g/mol. The zero-order valence-electron chi connectivity index (χ0n) is 6.46. The molecule has 0 saturated heterocycles. The number of aromatic nitrogens is 1. The predicted octanol–water partition coefficient (Wildman–Crippen LogP) is 1.17. The van der Waals surface area contributed by atoms with Crippen molar-refractivity contribution in [3.05, 3.63) is 16.1 Å². The molecule has 60 valence electrons. The average Bonchev–Trinajstić information content (AvgIpc) is 2.35. The van der Waals surface area contributed by atoms with Crippen LogP contribution >= 0.6 is 11.3 Å². The van der Waals surface area contributed by atoms with E-state index in [1.807, 2.05) is 6.92 Å². The van der Waals surface area contributed by atoms with Gasteiger partial charge in [-0.2, -0.15) is 0 Å². The number of carbonyl (C=O) groups is 1. The summed E-state index contributed by atoms with van der Waals surface area (Å²) < 4.78 is 4.49. The van der Waals surface area contributed by atoms with Crippen LogP contribution in [0.3, 0.4) is 0 Å². The Morgan fingerprint density at radius 1 is 1.82 bits per heavy atom. The Bertz CT molecular complexity index is 257. The lowest BCUT2D eigenvalue weighted by atomic mass is 10.5. The van der Waals surface area contributed by atoms with E-state index in [4.69, 9.17) is 0 Å². The van der Waals surface area contributed by atoms with Gasteiger partial charge in [-0.05, 0) is 6.92 Å². The summed E-state index contributed by atoms with van der Waals surface area (Å²) in [5.74, 6) is -0.237. The molecule has 11 heavy (non-hydrogen) atoms. The molecule has 0 radical (unpaired) electrons. The predicted molar refractivity (Wildman–Crippen MR) is 42.6 cm³/mol. The van der Waals surface area contributed by atoms with E-state index >= 15 is 0 Å². The molecule has 1 heterocycles. The minimum absolute atomic E-state index is 0.237. The van der Waals surface area contributed by atoms with E-state index in [1.165, 1.54) is 18.4 Å². The van der Waals surface area contributed by atoms with Gasteiger partial charge >= 0.3 is 5.97 Å². The number of rotatable bonds is 2. The Labute approximate surface area is 69.0 Å². The van der Waals surface area contributed by atoms with Crippen LogP contribution in [0.4, 0.5) is 0 Å². The number of hydrogen-bond donors (Lipinski definition) is 0. The van der Waals surface area contributed by atoms with Gasteiger partial charge in [0.15, 0.2) is 0 Å². The first-order chi connectivity index (χ1) is 5.22. The molecule has 1 rings (SSSR count). The highest BCUT2D eigenvalue weighted by molar-refractivity contribution is 7.11. The number of esters is 1. The standard InChI is InChI=1S/C7H9NO2S/c1-5-4-8-6(11-5)3-7(9)10-2/h4H,3H2,1-2H3. The maximum absolute atomic E-state index is 10.7. The van der Waals surface area contributed by atoms with Gasteiger partial charge in [-0.1, -0.05) is 0 Å². The molecule has 0 amide bonds. The van der Waals surface area contributed by atoms with Crippen LogP contribution in [0.5, 0.6) is 0 Å². The van der Waals surface area contributed by atoms with Crippen molar-refractivity contribution in [1.82, 2.24) is 4.98 Å². The summed E-state index contributed by atoms with van der Waals surface area (Å²) in [6.45, 7) is 1.96. The number of nitrogens with zero attached hydrogens (tertiary/aromatic N) is 1. The fourth-order valence-electron chi connectivity index (χ4n) is 0.679. The summed E-state index contributed by atoms with van der Waals surface area (Å²) in [4.78, 5) is 15.9. The van der Waals surface area contributed by atoms with Crippen molar-refractivity contribution < 1.29 is 9.53 Å². The van der Waals surface area contributed by atoms with Crippen LogP contribution in [-0.2, 0) is 16.0 Å². The van der Waals surface area contributed by atoms with Gasteiger partial charge in [-0.25, -0.2) is 4.98 Å². The summed E-state index contributed by atoms with van der Waals surface area (Å²) >= 11 is 1.52. The number of thiazole rings is 1. The molecule has 1 aromatic heterocycles. The zero-order chi connectivity index (χ0) is 8.27. The highest BCUT2D eigenvalue weighted by atomic mass is 32.1.